The molecular weight excluding hydrogens is 303 g/mol. The second kappa shape index (κ2) is 5.84. The molecule has 0 aliphatic carbocycles. The van der Waals surface area contributed by atoms with Crippen molar-refractivity contribution in [1.29, 1.82) is 0 Å². The number of halogens is 2. The molecule has 1 heterocycles. The summed E-state index contributed by atoms with van der Waals surface area (Å²) in [7, 11) is 0. The second-order valence-electron chi connectivity index (χ2n) is 4.73. The van der Waals surface area contributed by atoms with E-state index in [2.05, 4.69) is 40.3 Å². The molecular formula is C17H12Cl2N2. The summed E-state index contributed by atoms with van der Waals surface area (Å²) in [6, 6.07) is 16.4. The van der Waals surface area contributed by atoms with Gasteiger partial charge in [-0.05, 0) is 41.3 Å². The van der Waals surface area contributed by atoms with Crippen LogP contribution < -0.4 is 0 Å². The minimum atomic E-state index is 0.193. The molecule has 104 valence electrons. The summed E-state index contributed by atoms with van der Waals surface area (Å²) < 4.78 is 0. The topological polar surface area (TPSA) is 25.8 Å². The number of rotatable bonds is 2. The lowest BCUT2D eigenvalue weighted by molar-refractivity contribution is 1.17. The maximum atomic E-state index is 6.22. The Morgan fingerprint density at radius 2 is 1.67 bits per heavy atom. The molecule has 1 aromatic heterocycles. The molecule has 0 radical (unpaired) electrons. The summed E-state index contributed by atoms with van der Waals surface area (Å²) in [6.07, 6.45) is 1.53. The molecule has 4 heteroatoms. The zero-order valence-electron chi connectivity index (χ0n) is 11.3. The first-order chi connectivity index (χ1) is 10.1. The Morgan fingerprint density at radius 1 is 0.905 bits per heavy atom. The van der Waals surface area contributed by atoms with E-state index < -0.39 is 0 Å². The first-order valence-corrected chi connectivity index (χ1v) is 7.25. The Hall–Kier alpha value is -1.90. The number of hydrogen-bond donors (Lipinski definition) is 0. The van der Waals surface area contributed by atoms with E-state index in [-0.39, 0.29) is 5.28 Å². The van der Waals surface area contributed by atoms with Crippen molar-refractivity contribution in [2.24, 2.45) is 0 Å². The molecule has 0 fully saturated rings. The van der Waals surface area contributed by atoms with Gasteiger partial charge < -0.3 is 0 Å². The van der Waals surface area contributed by atoms with Gasteiger partial charge in [0, 0.05) is 5.56 Å². The number of nitrogens with zero attached hydrogens (tertiary/aromatic N) is 2. The van der Waals surface area contributed by atoms with Crippen LogP contribution in [0.15, 0.2) is 54.7 Å². The fourth-order valence-electron chi connectivity index (χ4n) is 2.22. The van der Waals surface area contributed by atoms with Gasteiger partial charge >= 0.3 is 0 Å². The standard InChI is InChI=1S/C17H12Cl2N2/c1-11-7-8-13(12-5-3-2-4-6-12)9-14(11)16-15(18)10-20-17(19)21-16/h2-10H,1H3. The molecule has 21 heavy (non-hydrogen) atoms. The highest BCUT2D eigenvalue weighted by Crippen LogP contribution is 2.32. The van der Waals surface area contributed by atoms with Gasteiger partial charge in [0.25, 0.3) is 0 Å². The van der Waals surface area contributed by atoms with Gasteiger partial charge in [0.15, 0.2) is 0 Å². The lowest BCUT2D eigenvalue weighted by atomic mass is 9.98. The molecule has 0 N–H and O–H groups in total. The van der Waals surface area contributed by atoms with Crippen molar-refractivity contribution < 1.29 is 0 Å². The maximum Gasteiger partial charge on any atom is 0.222 e. The Morgan fingerprint density at radius 3 is 2.43 bits per heavy atom. The predicted octanol–water partition coefficient (Wildman–Crippen LogP) is 5.43. The number of aryl methyl sites for hydroxylation is 1. The smallest absolute Gasteiger partial charge is 0.222 e. The Kier molecular flexibility index (Phi) is 3.91. The molecule has 0 amide bonds. The SMILES string of the molecule is Cc1ccc(-c2ccccc2)cc1-c1nc(Cl)ncc1Cl. The minimum Gasteiger partial charge on any atom is -0.225 e. The first kappa shape index (κ1) is 14.1. The normalized spacial score (nSPS) is 10.6. The van der Waals surface area contributed by atoms with Crippen LogP contribution in [0.25, 0.3) is 22.4 Å². The van der Waals surface area contributed by atoms with E-state index in [1.807, 2.05) is 25.1 Å². The van der Waals surface area contributed by atoms with Crippen LogP contribution >= 0.6 is 23.2 Å². The van der Waals surface area contributed by atoms with Crippen molar-refractivity contribution >= 4 is 23.2 Å². The van der Waals surface area contributed by atoms with Crippen molar-refractivity contribution in [2.45, 2.75) is 6.92 Å². The van der Waals surface area contributed by atoms with Crippen LogP contribution in [0.5, 0.6) is 0 Å². The molecule has 0 bridgehead atoms. The quantitative estimate of drug-likeness (QED) is 0.590. The van der Waals surface area contributed by atoms with Crippen molar-refractivity contribution in [1.82, 2.24) is 9.97 Å². The van der Waals surface area contributed by atoms with Gasteiger partial charge in [0.05, 0.1) is 16.9 Å². The lowest BCUT2D eigenvalue weighted by Gasteiger charge is -2.10. The summed E-state index contributed by atoms with van der Waals surface area (Å²) >= 11 is 12.1. The van der Waals surface area contributed by atoms with Crippen LogP contribution in [-0.2, 0) is 0 Å². The predicted molar refractivity (Wildman–Crippen MR) is 87.7 cm³/mol. The fraction of sp³-hybridized carbons (Fsp3) is 0.0588. The van der Waals surface area contributed by atoms with Crippen LogP contribution in [0, 0.1) is 6.92 Å². The first-order valence-electron chi connectivity index (χ1n) is 6.49. The molecule has 0 unspecified atom stereocenters. The number of aromatic nitrogens is 2. The molecule has 3 rings (SSSR count). The molecule has 0 spiro atoms. The Balaban J connectivity index is 2.17. The fourth-order valence-corrected chi connectivity index (χ4v) is 2.55. The number of hydrogen-bond acceptors (Lipinski definition) is 2. The molecule has 0 aliphatic rings. The monoisotopic (exact) mass is 314 g/mol. The van der Waals surface area contributed by atoms with Crippen molar-refractivity contribution in [2.75, 3.05) is 0 Å². The maximum absolute atomic E-state index is 6.22. The van der Waals surface area contributed by atoms with Gasteiger partial charge in [-0.25, -0.2) is 9.97 Å². The molecule has 0 saturated carbocycles. The molecule has 0 atom stereocenters. The highest BCUT2D eigenvalue weighted by atomic mass is 35.5. The van der Waals surface area contributed by atoms with E-state index in [1.165, 1.54) is 6.20 Å². The molecule has 2 nitrogen and oxygen atoms in total. The highest BCUT2D eigenvalue weighted by Gasteiger charge is 2.11. The van der Waals surface area contributed by atoms with Gasteiger partial charge in [-0.1, -0.05) is 54.1 Å². The van der Waals surface area contributed by atoms with E-state index in [9.17, 15) is 0 Å². The van der Waals surface area contributed by atoms with E-state index in [0.717, 1.165) is 22.3 Å². The average Bonchev–Trinajstić information content (AvgIpc) is 2.51. The van der Waals surface area contributed by atoms with Crippen LogP contribution in [0.3, 0.4) is 0 Å². The molecule has 0 saturated heterocycles. The van der Waals surface area contributed by atoms with Crippen molar-refractivity contribution in [3.05, 3.63) is 70.6 Å². The van der Waals surface area contributed by atoms with Crippen LogP contribution in [-0.4, -0.2) is 9.97 Å². The third-order valence-electron chi connectivity index (χ3n) is 3.31. The van der Waals surface area contributed by atoms with Crippen molar-refractivity contribution in [3.63, 3.8) is 0 Å². The van der Waals surface area contributed by atoms with Gasteiger partial charge in [-0.2, -0.15) is 0 Å². The zero-order chi connectivity index (χ0) is 14.8. The van der Waals surface area contributed by atoms with E-state index in [1.54, 1.807) is 0 Å². The third-order valence-corrected chi connectivity index (χ3v) is 3.77. The summed E-state index contributed by atoms with van der Waals surface area (Å²) in [5.41, 5.74) is 4.97. The molecule has 3 aromatic rings. The van der Waals surface area contributed by atoms with Crippen LogP contribution in [0.4, 0.5) is 0 Å². The summed E-state index contributed by atoms with van der Waals surface area (Å²) in [4.78, 5) is 8.16. The molecule has 0 aliphatic heterocycles. The highest BCUT2D eigenvalue weighted by molar-refractivity contribution is 6.33. The van der Waals surface area contributed by atoms with E-state index >= 15 is 0 Å². The molecule has 2 aromatic carbocycles. The Bertz CT molecular complexity index is 786. The van der Waals surface area contributed by atoms with E-state index in [4.69, 9.17) is 23.2 Å². The van der Waals surface area contributed by atoms with Gasteiger partial charge in [-0.3, -0.25) is 0 Å². The van der Waals surface area contributed by atoms with Crippen LogP contribution in [0.2, 0.25) is 10.3 Å². The summed E-state index contributed by atoms with van der Waals surface area (Å²) in [6.45, 7) is 2.02. The van der Waals surface area contributed by atoms with Gasteiger partial charge in [0.1, 0.15) is 0 Å². The zero-order valence-corrected chi connectivity index (χ0v) is 12.9. The lowest BCUT2D eigenvalue weighted by Crippen LogP contribution is -1.92. The largest absolute Gasteiger partial charge is 0.225 e. The van der Waals surface area contributed by atoms with Crippen molar-refractivity contribution in [3.8, 4) is 22.4 Å². The summed E-state index contributed by atoms with van der Waals surface area (Å²) in [5, 5.41) is 0.687. The van der Waals surface area contributed by atoms with Gasteiger partial charge in [-0.15, -0.1) is 0 Å². The van der Waals surface area contributed by atoms with Gasteiger partial charge in [0.2, 0.25) is 5.28 Å². The average molecular weight is 315 g/mol. The minimum absolute atomic E-state index is 0.193. The summed E-state index contributed by atoms with van der Waals surface area (Å²) in [5.74, 6) is 0. The number of benzene rings is 2. The van der Waals surface area contributed by atoms with E-state index in [0.29, 0.717) is 10.7 Å². The Labute approximate surface area is 133 Å². The van der Waals surface area contributed by atoms with Crippen LogP contribution in [0.1, 0.15) is 5.56 Å². The second-order valence-corrected chi connectivity index (χ2v) is 5.48. The third kappa shape index (κ3) is 2.92.